The highest BCUT2D eigenvalue weighted by Crippen LogP contribution is 2.29. The number of nitro groups is 1. The van der Waals surface area contributed by atoms with Gasteiger partial charge in [-0.1, -0.05) is 0 Å². The fourth-order valence-electron chi connectivity index (χ4n) is 1.96. The molecule has 2 atom stereocenters. The highest BCUT2D eigenvalue weighted by molar-refractivity contribution is 7.99. The maximum absolute atomic E-state index is 11.7. The summed E-state index contributed by atoms with van der Waals surface area (Å²) in [6.45, 7) is 3.33. The number of esters is 1. The lowest BCUT2D eigenvalue weighted by Crippen LogP contribution is -2.31. The quantitative estimate of drug-likeness (QED) is 0.440. The van der Waals surface area contributed by atoms with Gasteiger partial charge in [0, 0.05) is 17.0 Å². The van der Waals surface area contributed by atoms with Gasteiger partial charge in [0.25, 0.3) is 0 Å². The molecule has 2 N–H and O–H groups in total. The number of nitrogens with zero attached hydrogens (tertiary/aromatic N) is 2. The molecule has 22 heavy (non-hydrogen) atoms. The van der Waals surface area contributed by atoms with Crippen LogP contribution < -0.4 is 5.32 Å². The number of hydrogen-bond donors (Lipinski definition) is 2. The Hall–Kier alpha value is -1.87. The van der Waals surface area contributed by atoms with Crippen molar-refractivity contribution in [2.75, 3.05) is 25.3 Å². The van der Waals surface area contributed by atoms with E-state index in [2.05, 4.69) is 15.0 Å². The van der Waals surface area contributed by atoms with Crippen LogP contribution in [0.2, 0.25) is 0 Å². The first-order chi connectivity index (χ1) is 10.3. The minimum absolute atomic E-state index is 0.00889. The van der Waals surface area contributed by atoms with Gasteiger partial charge in [-0.15, -0.1) is 0 Å². The number of aliphatic hydroxyl groups excluding tert-OH is 1. The van der Waals surface area contributed by atoms with Crippen molar-refractivity contribution >= 4 is 29.2 Å². The van der Waals surface area contributed by atoms with Gasteiger partial charge < -0.3 is 15.2 Å². The molecule has 0 aliphatic heterocycles. The third-order valence-electron chi connectivity index (χ3n) is 3.11. The van der Waals surface area contributed by atoms with Crippen LogP contribution >= 0.6 is 11.8 Å². The van der Waals surface area contributed by atoms with E-state index in [9.17, 15) is 20.0 Å². The van der Waals surface area contributed by atoms with Gasteiger partial charge in [0.15, 0.2) is 0 Å². The van der Waals surface area contributed by atoms with Crippen LogP contribution in [-0.4, -0.2) is 52.2 Å². The zero-order valence-corrected chi connectivity index (χ0v) is 13.6. The van der Waals surface area contributed by atoms with Gasteiger partial charge in [-0.05, 0) is 26.2 Å². The summed E-state index contributed by atoms with van der Waals surface area (Å²) in [5.41, 5.74) is -0.133. The molecule has 8 nitrogen and oxygen atoms in total. The number of nitrogens with one attached hydrogen (secondary N) is 1. The number of carbonyl (C=O) groups is 1. The minimum atomic E-state index is -0.795. The van der Waals surface area contributed by atoms with Gasteiger partial charge in [-0.2, -0.15) is 11.8 Å². The number of pyridine rings is 1. The van der Waals surface area contributed by atoms with Crippen LogP contribution in [-0.2, 0) is 4.74 Å². The number of hydrogen-bond acceptors (Lipinski definition) is 8. The highest BCUT2D eigenvalue weighted by Gasteiger charge is 2.29. The van der Waals surface area contributed by atoms with Crippen LogP contribution in [0.1, 0.15) is 23.0 Å². The van der Waals surface area contributed by atoms with Gasteiger partial charge in [-0.25, -0.2) is 9.78 Å². The molecule has 0 saturated heterocycles. The van der Waals surface area contributed by atoms with E-state index in [1.807, 2.05) is 6.26 Å². The van der Waals surface area contributed by atoms with Crippen LogP contribution in [0.4, 0.5) is 11.5 Å². The molecular formula is C13H19N3O5S. The van der Waals surface area contributed by atoms with Crippen LogP contribution in [0.15, 0.2) is 6.07 Å². The molecule has 0 bridgehead atoms. The topological polar surface area (TPSA) is 115 Å². The van der Waals surface area contributed by atoms with Crippen LogP contribution in [0, 0.1) is 17.0 Å². The Morgan fingerprint density at radius 3 is 2.73 bits per heavy atom. The summed E-state index contributed by atoms with van der Waals surface area (Å²) >= 11 is 1.43. The molecule has 0 aliphatic carbocycles. The maximum atomic E-state index is 11.7. The Kier molecular flexibility index (Phi) is 6.57. The lowest BCUT2D eigenvalue weighted by molar-refractivity contribution is -0.384. The Morgan fingerprint density at radius 1 is 1.64 bits per heavy atom. The fourth-order valence-corrected chi connectivity index (χ4v) is 2.59. The zero-order chi connectivity index (χ0) is 16.9. The number of aryl methyl sites for hydroxylation is 1. The van der Waals surface area contributed by atoms with E-state index < -0.39 is 16.6 Å². The monoisotopic (exact) mass is 329 g/mol. The fraction of sp³-hybridized carbons (Fsp3) is 0.538. The van der Waals surface area contributed by atoms with Crippen molar-refractivity contribution in [2.24, 2.45) is 0 Å². The molecule has 0 fully saturated rings. The first-order valence-electron chi connectivity index (χ1n) is 6.50. The zero-order valence-electron chi connectivity index (χ0n) is 12.8. The van der Waals surface area contributed by atoms with Crippen LogP contribution in [0.25, 0.3) is 0 Å². The standard InChI is InChI=1S/C13H19N3O5S/c1-7-5-9(13(18)21-3)11(16(19)20)12(14-7)15-8(2)10(6-17)22-4/h5,8,10,17H,6H2,1-4H3,(H,14,15)/t8-,10+/m0/s1. The first kappa shape index (κ1) is 18.2. The number of aromatic nitrogens is 1. The third kappa shape index (κ3) is 4.08. The van der Waals surface area contributed by atoms with Crippen molar-refractivity contribution in [3.05, 3.63) is 27.4 Å². The molecule has 1 aromatic rings. The molecule has 0 spiro atoms. The molecule has 9 heteroatoms. The SMILES string of the molecule is COC(=O)c1cc(C)nc(N[C@@H](C)[C@@H](CO)SC)c1[N+](=O)[O-]. The Bertz CT molecular complexity index is 563. The number of methoxy groups -OCH3 is 1. The van der Waals surface area contributed by atoms with E-state index in [0.717, 1.165) is 7.11 Å². The second-order valence-corrected chi connectivity index (χ2v) is 5.72. The summed E-state index contributed by atoms with van der Waals surface area (Å²) in [7, 11) is 1.16. The molecule has 0 radical (unpaired) electrons. The van der Waals surface area contributed by atoms with Crippen molar-refractivity contribution in [1.29, 1.82) is 0 Å². The van der Waals surface area contributed by atoms with Crippen molar-refractivity contribution in [3.8, 4) is 0 Å². The van der Waals surface area contributed by atoms with E-state index >= 15 is 0 Å². The predicted molar refractivity (Wildman–Crippen MR) is 84.4 cm³/mol. The molecule has 1 rings (SSSR count). The number of anilines is 1. The average Bonchev–Trinajstić information content (AvgIpc) is 2.46. The van der Waals surface area contributed by atoms with Crippen LogP contribution in [0.5, 0.6) is 0 Å². The van der Waals surface area contributed by atoms with Gasteiger partial charge in [0.05, 0.1) is 18.6 Å². The molecule has 1 heterocycles. The molecular weight excluding hydrogens is 310 g/mol. The number of carbonyl (C=O) groups excluding carboxylic acids is 1. The summed E-state index contributed by atoms with van der Waals surface area (Å²) in [4.78, 5) is 26.5. The molecule has 0 amide bonds. The summed E-state index contributed by atoms with van der Waals surface area (Å²) in [6, 6.07) is 1.04. The van der Waals surface area contributed by atoms with Gasteiger partial charge in [0.1, 0.15) is 5.56 Å². The van der Waals surface area contributed by atoms with Gasteiger partial charge in [0.2, 0.25) is 5.82 Å². The number of aliphatic hydroxyl groups is 1. The normalized spacial score (nSPS) is 13.3. The second-order valence-electron chi connectivity index (χ2n) is 4.65. The van der Waals surface area contributed by atoms with E-state index in [1.54, 1.807) is 13.8 Å². The average molecular weight is 329 g/mol. The molecule has 0 aromatic carbocycles. The summed E-state index contributed by atoms with van der Waals surface area (Å²) in [6.07, 6.45) is 1.83. The maximum Gasteiger partial charge on any atom is 0.345 e. The van der Waals surface area contributed by atoms with Crippen molar-refractivity contribution in [3.63, 3.8) is 0 Å². The van der Waals surface area contributed by atoms with E-state index in [0.29, 0.717) is 5.69 Å². The largest absolute Gasteiger partial charge is 0.465 e. The Morgan fingerprint density at radius 2 is 2.27 bits per heavy atom. The van der Waals surface area contributed by atoms with Crippen molar-refractivity contribution in [1.82, 2.24) is 4.98 Å². The number of rotatable bonds is 7. The van der Waals surface area contributed by atoms with E-state index in [1.165, 1.54) is 17.8 Å². The van der Waals surface area contributed by atoms with Crippen LogP contribution in [0.3, 0.4) is 0 Å². The van der Waals surface area contributed by atoms with Crippen molar-refractivity contribution in [2.45, 2.75) is 25.1 Å². The van der Waals surface area contributed by atoms with E-state index in [4.69, 9.17) is 0 Å². The Balaban J connectivity index is 3.31. The molecule has 0 aliphatic rings. The van der Waals surface area contributed by atoms with Gasteiger partial charge in [-0.3, -0.25) is 10.1 Å². The lowest BCUT2D eigenvalue weighted by atomic mass is 10.1. The van der Waals surface area contributed by atoms with E-state index in [-0.39, 0.29) is 29.3 Å². The minimum Gasteiger partial charge on any atom is -0.465 e. The summed E-state index contributed by atoms with van der Waals surface area (Å²) in [5, 5.41) is 23.4. The molecule has 122 valence electrons. The summed E-state index contributed by atoms with van der Waals surface area (Å²) in [5.74, 6) is -0.804. The molecule has 0 saturated carbocycles. The smallest absolute Gasteiger partial charge is 0.345 e. The number of ether oxygens (including phenoxy) is 1. The predicted octanol–water partition coefficient (Wildman–Crippen LogP) is 1.61. The first-order valence-corrected chi connectivity index (χ1v) is 7.79. The van der Waals surface area contributed by atoms with Gasteiger partial charge >= 0.3 is 11.7 Å². The number of thioether (sulfide) groups is 1. The van der Waals surface area contributed by atoms with Crippen molar-refractivity contribution < 1.29 is 19.6 Å². The Labute approximate surface area is 132 Å². The lowest BCUT2D eigenvalue weighted by Gasteiger charge is -2.22. The molecule has 1 aromatic heterocycles. The second kappa shape index (κ2) is 7.95. The third-order valence-corrected chi connectivity index (χ3v) is 4.28. The summed E-state index contributed by atoms with van der Waals surface area (Å²) < 4.78 is 4.59. The highest BCUT2D eigenvalue weighted by atomic mass is 32.2. The molecule has 0 unspecified atom stereocenters.